The largest absolute Gasteiger partial charge is 0.336 e. The Balaban J connectivity index is 1.58. The zero-order valence-electron chi connectivity index (χ0n) is 13.4. The van der Waals surface area contributed by atoms with Crippen molar-refractivity contribution >= 4 is 46.3 Å². The maximum absolute atomic E-state index is 12.0. The molecule has 0 spiro atoms. The van der Waals surface area contributed by atoms with Gasteiger partial charge in [-0.1, -0.05) is 29.3 Å². The van der Waals surface area contributed by atoms with Crippen molar-refractivity contribution in [1.82, 2.24) is 15.1 Å². The maximum Gasteiger partial charge on any atom is 0.319 e. The van der Waals surface area contributed by atoms with Crippen LogP contribution in [0.4, 0.5) is 10.5 Å². The maximum atomic E-state index is 12.0. The molecule has 0 aliphatic heterocycles. The van der Waals surface area contributed by atoms with Gasteiger partial charge in [0.15, 0.2) is 0 Å². The third-order valence-corrected chi connectivity index (χ3v) is 4.87. The average molecular weight is 409 g/mol. The SMILES string of the molecule is O=C(NCCn1nc(-c2cccs2)ccc1=O)Nc1ccc(Cl)cc1Cl. The number of hydrogen-bond donors (Lipinski definition) is 2. The second kappa shape index (κ2) is 8.35. The van der Waals surface area contributed by atoms with Crippen LogP contribution in [0.25, 0.3) is 10.6 Å². The van der Waals surface area contributed by atoms with Gasteiger partial charge in [-0.3, -0.25) is 4.79 Å². The van der Waals surface area contributed by atoms with Gasteiger partial charge in [-0.25, -0.2) is 9.48 Å². The van der Waals surface area contributed by atoms with Crippen molar-refractivity contribution in [1.29, 1.82) is 0 Å². The van der Waals surface area contributed by atoms with Gasteiger partial charge >= 0.3 is 6.03 Å². The third kappa shape index (κ3) is 4.63. The molecule has 0 aliphatic carbocycles. The molecule has 0 radical (unpaired) electrons. The van der Waals surface area contributed by atoms with Crippen LogP contribution >= 0.6 is 34.5 Å². The standard InChI is InChI=1S/C17H14Cl2N4O2S/c18-11-3-4-13(12(19)10-11)21-17(25)20-7-8-23-16(24)6-5-14(22-23)15-2-1-9-26-15/h1-6,9-10H,7-8H2,(H2,20,21,25). The van der Waals surface area contributed by atoms with Crippen molar-refractivity contribution in [2.75, 3.05) is 11.9 Å². The molecule has 0 fully saturated rings. The predicted octanol–water partition coefficient (Wildman–Crippen LogP) is 4.10. The minimum Gasteiger partial charge on any atom is -0.336 e. The van der Waals surface area contributed by atoms with E-state index in [1.807, 2.05) is 17.5 Å². The number of nitrogens with one attached hydrogen (secondary N) is 2. The van der Waals surface area contributed by atoms with Crippen molar-refractivity contribution in [3.63, 3.8) is 0 Å². The second-order valence-electron chi connectivity index (χ2n) is 5.26. The molecule has 0 aliphatic rings. The Bertz CT molecular complexity index is 973. The van der Waals surface area contributed by atoms with Crippen molar-refractivity contribution < 1.29 is 4.79 Å². The molecule has 3 rings (SSSR count). The highest BCUT2D eigenvalue weighted by Gasteiger charge is 2.07. The highest BCUT2D eigenvalue weighted by Crippen LogP contribution is 2.25. The molecule has 2 aromatic heterocycles. The Kier molecular flexibility index (Phi) is 5.92. The minimum absolute atomic E-state index is 0.228. The van der Waals surface area contributed by atoms with Crippen LogP contribution in [0.3, 0.4) is 0 Å². The molecule has 3 aromatic rings. The third-order valence-electron chi connectivity index (χ3n) is 3.43. The number of anilines is 1. The summed E-state index contributed by atoms with van der Waals surface area (Å²) >= 11 is 13.4. The van der Waals surface area contributed by atoms with Gasteiger partial charge in [0.25, 0.3) is 5.56 Å². The molecular weight excluding hydrogens is 395 g/mol. The summed E-state index contributed by atoms with van der Waals surface area (Å²) in [7, 11) is 0. The van der Waals surface area contributed by atoms with Crippen LogP contribution in [0.5, 0.6) is 0 Å². The highest BCUT2D eigenvalue weighted by atomic mass is 35.5. The van der Waals surface area contributed by atoms with E-state index >= 15 is 0 Å². The van der Waals surface area contributed by atoms with Gasteiger partial charge in [0.05, 0.1) is 22.1 Å². The summed E-state index contributed by atoms with van der Waals surface area (Å²) in [6.07, 6.45) is 0. The van der Waals surface area contributed by atoms with Crippen LogP contribution < -0.4 is 16.2 Å². The molecule has 0 unspecified atom stereocenters. The van der Waals surface area contributed by atoms with E-state index < -0.39 is 6.03 Å². The van der Waals surface area contributed by atoms with Crippen molar-refractivity contribution in [3.8, 4) is 10.6 Å². The summed E-state index contributed by atoms with van der Waals surface area (Å²) in [5.41, 5.74) is 0.939. The fraction of sp³-hybridized carbons (Fsp3) is 0.118. The summed E-state index contributed by atoms with van der Waals surface area (Å²) < 4.78 is 1.32. The van der Waals surface area contributed by atoms with Crippen LogP contribution in [0, 0.1) is 0 Å². The summed E-state index contributed by atoms with van der Waals surface area (Å²) in [6.45, 7) is 0.484. The predicted molar refractivity (Wildman–Crippen MR) is 105 cm³/mol. The topological polar surface area (TPSA) is 76.0 Å². The Morgan fingerprint density at radius 2 is 2.04 bits per heavy atom. The van der Waals surface area contributed by atoms with Gasteiger partial charge in [0, 0.05) is 17.6 Å². The lowest BCUT2D eigenvalue weighted by Crippen LogP contribution is -2.34. The molecule has 26 heavy (non-hydrogen) atoms. The second-order valence-corrected chi connectivity index (χ2v) is 7.05. The lowest BCUT2D eigenvalue weighted by molar-refractivity contribution is 0.251. The fourth-order valence-corrected chi connectivity index (χ4v) is 3.34. The van der Waals surface area contributed by atoms with E-state index in [0.29, 0.717) is 15.7 Å². The zero-order valence-corrected chi connectivity index (χ0v) is 15.7. The van der Waals surface area contributed by atoms with E-state index in [1.54, 1.807) is 29.5 Å². The van der Waals surface area contributed by atoms with E-state index in [2.05, 4.69) is 15.7 Å². The number of thiophene rings is 1. The summed E-state index contributed by atoms with van der Waals surface area (Å²) in [6, 6.07) is 11.4. The number of aromatic nitrogens is 2. The molecule has 2 heterocycles. The van der Waals surface area contributed by atoms with E-state index in [0.717, 1.165) is 10.6 Å². The van der Waals surface area contributed by atoms with Gasteiger partial charge in [0.1, 0.15) is 5.69 Å². The minimum atomic E-state index is -0.434. The Morgan fingerprint density at radius 3 is 2.77 bits per heavy atom. The molecule has 1 aromatic carbocycles. The number of urea groups is 1. The summed E-state index contributed by atoms with van der Waals surface area (Å²) in [5, 5.41) is 12.4. The first kappa shape index (κ1) is 18.4. The van der Waals surface area contributed by atoms with Crippen LogP contribution in [-0.4, -0.2) is 22.4 Å². The molecule has 2 amide bonds. The number of nitrogens with zero attached hydrogens (tertiary/aromatic N) is 2. The highest BCUT2D eigenvalue weighted by molar-refractivity contribution is 7.13. The van der Waals surface area contributed by atoms with Gasteiger partial charge in [0.2, 0.25) is 0 Å². The van der Waals surface area contributed by atoms with Gasteiger partial charge in [-0.05, 0) is 35.7 Å². The lowest BCUT2D eigenvalue weighted by atomic mass is 10.3. The first-order valence-electron chi connectivity index (χ1n) is 7.65. The molecule has 0 saturated heterocycles. The number of carbonyl (C=O) groups is 1. The normalized spacial score (nSPS) is 10.5. The molecule has 6 nitrogen and oxygen atoms in total. The first-order valence-corrected chi connectivity index (χ1v) is 9.28. The van der Waals surface area contributed by atoms with E-state index in [4.69, 9.17) is 23.2 Å². The van der Waals surface area contributed by atoms with Gasteiger partial charge in [-0.2, -0.15) is 5.10 Å². The quantitative estimate of drug-likeness (QED) is 0.666. The van der Waals surface area contributed by atoms with E-state index in [-0.39, 0.29) is 18.6 Å². The zero-order chi connectivity index (χ0) is 18.5. The smallest absolute Gasteiger partial charge is 0.319 e. The van der Waals surface area contributed by atoms with Crippen molar-refractivity contribution in [2.45, 2.75) is 6.54 Å². The molecule has 2 N–H and O–H groups in total. The molecule has 134 valence electrons. The number of carbonyl (C=O) groups excluding carboxylic acids is 1. The number of amides is 2. The van der Waals surface area contributed by atoms with Crippen molar-refractivity contribution in [2.24, 2.45) is 0 Å². The number of rotatable bonds is 5. The van der Waals surface area contributed by atoms with E-state index in [1.165, 1.54) is 16.8 Å². The van der Waals surface area contributed by atoms with Gasteiger partial charge in [-0.15, -0.1) is 11.3 Å². The van der Waals surface area contributed by atoms with Crippen molar-refractivity contribution in [3.05, 3.63) is 68.2 Å². The summed E-state index contributed by atoms with van der Waals surface area (Å²) in [4.78, 5) is 24.9. The molecular formula is C17H14Cl2N4O2S. The molecule has 9 heteroatoms. The lowest BCUT2D eigenvalue weighted by Gasteiger charge is -2.10. The monoisotopic (exact) mass is 408 g/mol. The Hall–Kier alpha value is -2.35. The fourth-order valence-electron chi connectivity index (χ4n) is 2.20. The molecule has 0 atom stereocenters. The molecule has 0 saturated carbocycles. The Morgan fingerprint density at radius 1 is 1.19 bits per heavy atom. The van der Waals surface area contributed by atoms with Crippen LogP contribution in [0.15, 0.2) is 52.6 Å². The number of hydrogen-bond acceptors (Lipinski definition) is 4. The van der Waals surface area contributed by atoms with Gasteiger partial charge < -0.3 is 10.6 Å². The average Bonchev–Trinajstić information content (AvgIpc) is 3.14. The molecule has 0 bridgehead atoms. The van der Waals surface area contributed by atoms with Crippen LogP contribution in [-0.2, 0) is 6.54 Å². The van der Waals surface area contributed by atoms with E-state index in [9.17, 15) is 9.59 Å². The first-order chi connectivity index (χ1) is 12.5. The van der Waals surface area contributed by atoms with Crippen LogP contribution in [0.2, 0.25) is 10.0 Å². The number of halogens is 2. The van der Waals surface area contributed by atoms with Crippen LogP contribution in [0.1, 0.15) is 0 Å². The number of benzene rings is 1. The summed E-state index contributed by atoms with van der Waals surface area (Å²) in [5.74, 6) is 0. The Labute approximate surface area is 163 Å².